The summed E-state index contributed by atoms with van der Waals surface area (Å²) in [7, 11) is -3.99. The number of esters is 1. The van der Waals surface area contributed by atoms with Gasteiger partial charge in [-0.25, -0.2) is 14.4 Å². The van der Waals surface area contributed by atoms with E-state index in [9.17, 15) is 19.3 Å². The number of nitrogens with two attached hydrogens (primary N) is 1. The fraction of sp³-hybridized carbons (Fsp3) is 0.706. The molecule has 2 aliphatic rings. The summed E-state index contributed by atoms with van der Waals surface area (Å²) in [6.07, 6.45) is -1.75. The van der Waals surface area contributed by atoms with E-state index < -0.39 is 55.1 Å². The molecule has 0 bridgehead atoms. The van der Waals surface area contributed by atoms with Crippen molar-refractivity contribution in [3.63, 3.8) is 0 Å². The number of rotatable bonds is 4. The van der Waals surface area contributed by atoms with E-state index in [1.54, 1.807) is 20.8 Å². The van der Waals surface area contributed by atoms with Crippen molar-refractivity contribution in [2.24, 2.45) is 0 Å². The van der Waals surface area contributed by atoms with Gasteiger partial charge in [0, 0.05) is 6.20 Å². The lowest BCUT2D eigenvalue weighted by Gasteiger charge is -2.36. The van der Waals surface area contributed by atoms with Gasteiger partial charge in [0.2, 0.25) is 0 Å². The number of hydrogen-bond acceptors (Lipinski definition) is 10. The molecule has 0 amide bonds. The molecule has 1 aromatic heterocycles. The third-order valence-corrected chi connectivity index (χ3v) is 6.29. The van der Waals surface area contributed by atoms with Gasteiger partial charge >= 0.3 is 19.4 Å². The van der Waals surface area contributed by atoms with E-state index in [-0.39, 0.29) is 12.4 Å². The van der Waals surface area contributed by atoms with Crippen molar-refractivity contribution in [3.05, 3.63) is 22.7 Å². The van der Waals surface area contributed by atoms with Gasteiger partial charge in [-0.2, -0.15) is 4.98 Å². The van der Waals surface area contributed by atoms with E-state index in [4.69, 9.17) is 24.3 Å². The minimum atomic E-state index is -3.99. The summed E-state index contributed by atoms with van der Waals surface area (Å²) in [5.41, 5.74) is 2.29. The molecule has 3 heterocycles. The van der Waals surface area contributed by atoms with Gasteiger partial charge in [0.05, 0.1) is 6.61 Å². The summed E-state index contributed by atoms with van der Waals surface area (Å²) in [6.45, 7) is 7.77. The number of aromatic nitrogens is 2. The van der Waals surface area contributed by atoms with Crippen molar-refractivity contribution in [1.29, 1.82) is 0 Å². The van der Waals surface area contributed by atoms with Gasteiger partial charge < -0.3 is 20.3 Å². The Bertz CT molecular complexity index is 927. The van der Waals surface area contributed by atoms with Crippen LogP contribution in [0.4, 0.5) is 5.82 Å². The van der Waals surface area contributed by atoms with Crippen LogP contribution in [0, 0.1) is 0 Å². The summed E-state index contributed by atoms with van der Waals surface area (Å²) < 4.78 is 36.0. The summed E-state index contributed by atoms with van der Waals surface area (Å²) >= 11 is 0. The number of anilines is 1. The van der Waals surface area contributed by atoms with Gasteiger partial charge in [-0.05, 0) is 40.7 Å². The molecule has 30 heavy (non-hydrogen) atoms. The molecule has 168 valence electrons. The summed E-state index contributed by atoms with van der Waals surface area (Å²) in [4.78, 5) is 28.0. The Morgan fingerprint density at radius 3 is 2.80 bits per heavy atom. The molecule has 0 radical (unpaired) electrons. The van der Waals surface area contributed by atoms with E-state index >= 15 is 0 Å². The van der Waals surface area contributed by atoms with Crippen LogP contribution in [0.1, 0.15) is 40.8 Å². The number of nitrogens with one attached hydrogen (secondary N) is 1. The minimum absolute atomic E-state index is 0.0238. The molecule has 1 aromatic rings. The van der Waals surface area contributed by atoms with Crippen molar-refractivity contribution in [2.45, 2.75) is 70.3 Å². The smallest absolute Gasteiger partial charge is 0.406 e. The Hall–Kier alpha value is -1.82. The van der Waals surface area contributed by atoms with Crippen LogP contribution in [0.25, 0.3) is 0 Å². The van der Waals surface area contributed by atoms with E-state index in [1.807, 2.05) is 0 Å². The average molecular weight is 446 g/mol. The van der Waals surface area contributed by atoms with Crippen LogP contribution in [0.15, 0.2) is 17.1 Å². The first kappa shape index (κ1) is 22.9. The van der Waals surface area contributed by atoms with E-state index in [2.05, 4.69) is 10.1 Å². The van der Waals surface area contributed by atoms with Crippen LogP contribution in [-0.4, -0.2) is 56.7 Å². The lowest BCUT2D eigenvalue weighted by Crippen LogP contribution is -2.50. The zero-order chi connectivity index (χ0) is 22.5. The maximum atomic E-state index is 13.1. The molecule has 3 rings (SSSR count). The van der Waals surface area contributed by atoms with E-state index in [0.29, 0.717) is 0 Å². The second kappa shape index (κ2) is 7.70. The molecule has 12 nitrogen and oxygen atoms in total. The molecule has 1 unspecified atom stereocenters. The van der Waals surface area contributed by atoms with Crippen molar-refractivity contribution in [3.8, 4) is 0 Å². The molecular formula is C17H27N4O8P. The largest absolute Gasteiger partial charge is 0.459 e. The molecule has 0 spiro atoms. The predicted molar refractivity (Wildman–Crippen MR) is 104 cm³/mol. The molecule has 4 N–H and O–H groups in total. The zero-order valence-electron chi connectivity index (χ0n) is 17.4. The van der Waals surface area contributed by atoms with Gasteiger partial charge in [0.1, 0.15) is 35.3 Å². The predicted octanol–water partition coefficient (Wildman–Crippen LogP) is 0.317. The van der Waals surface area contributed by atoms with Crippen LogP contribution >= 0.6 is 7.75 Å². The van der Waals surface area contributed by atoms with Crippen LogP contribution in [0.5, 0.6) is 0 Å². The molecule has 0 aliphatic carbocycles. The van der Waals surface area contributed by atoms with E-state index in [1.165, 1.54) is 26.1 Å². The summed E-state index contributed by atoms with van der Waals surface area (Å²) in [6, 6.07) is 0.383. The van der Waals surface area contributed by atoms with Gasteiger partial charge in [0.15, 0.2) is 6.23 Å². The number of nitrogen functional groups attached to an aromatic ring is 1. The Balaban J connectivity index is 1.77. The number of aliphatic hydroxyl groups is 1. The summed E-state index contributed by atoms with van der Waals surface area (Å²) in [5.74, 6) is -0.616. The summed E-state index contributed by atoms with van der Waals surface area (Å²) in [5, 5.41) is 13.6. The number of ether oxygens (including phenoxy) is 2. The maximum absolute atomic E-state index is 13.1. The number of nitrogens with zero attached hydrogens (tertiary/aromatic N) is 2. The third kappa shape index (κ3) is 4.58. The molecule has 0 aromatic carbocycles. The van der Waals surface area contributed by atoms with Crippen LogP contribution in [-0.2, 0) is 27.9 Å². The Morgan fingerprint density at radius 1 is 1.53 bits per heavy atom. The number of fused-ring (bicyclic) bond motifs is 1. The molecule has 2 aliphatic heterocycles. The monoisotopic (exact) mass is 446 g/mol. The van der Waals surface area contributed by atoms with Gasteiger partial charge in [-0.15, -0.1) is 0 Å². The first-order valence-corrected chi connectivity index (χ1v) is 10.9. The van der Waals surface area contributed by atoms with Crippen molar-refractivity contribution >= 4 is 19.5 Å². The second-order valence-corrected chi connectivity index (χ2v) is 10.2. The Labute approximate surface area is 173 Å². The highest BCUT2D eigenvalue weighted by molar-refractivity contribution is 7.51. The Morgan fingerprint density at radius 2 is 2.20 bits per heavy atom. The maximum Gasteiger partial charge on any atom is 0.406 e. The zero-order valence-corrected chi connectivity index (χ0v) is 18.3. The first-order chi connectivity index (χ1) is 13.7. The van der Waals surface area contributed by atoms with Gasteiger partial charge in [0.25, 0.3) is 0 Å². The molecule has 13 heteroatoms. The molecular weight excluding hydrogens is 419 g/mol. The molecule has 6 atom stereocenters. The average Bonchev–Trinajstić information content (AvgIpc) is 2.84. The van der Waals surface area contributed by atoms with Crippen LogP contribution in [0.2, 0.25) is 0 Å². The van der Waals surface area contributed by atoms with E-state index in [0.717, 1.165) is 4.57 Å². The number of carbonyl (C=O) groups is 1. The van der Waals surface area contributed by atoms with Crippen molar-refractivity contribution in [1.82, 2.24) is 14.6 Å². The third-order valence-electron chi connectivity index (χ3n) is 4.59. The highest BCUT2D eigenvalue weighted by Crippen LogP contribution is 2.55. The van der Waals surface area contributed by atoms with Gasteiger partial charge in [-0.3, -0.25) is 18.4 Å². The highest BCUT2D eigenvalue weighted by atomic mass is 31.2. The Kier molecular flexibility index (Phi) is 5.87. The first-order valence-electron chi connectivity index (χ1n) is 9.38. The number of carbonyl (C=O) groups excluding carboxylic acids is 1. The normalized spacial score (nSPS) is 34.9. The van der Waals surface area contributed by atoms with Crippen LogP contribution < -0.4 is 16.5 Å². The topological polar surface area (TPSA) is 164 Å². The lowest BCUT2D eigenvalue weighted by atomic mass is 9.96. The minimum Gasteiger partial charge on any atom is -0.459 e. The van der Waals surface area contributed by atoms with Crippen molar-refractivity contribution < 1.29 is 33.0 Å². The SMILES string of the molecule is C[C@H](NP1(=O)OC[C@H]2O[C@@H](n3ccc(N)nc3=O)[C@](C)(O)[C@@H]2O1)C(=O)OC(C)(C)C. The number of hydrogen-bond donors (Lipinski definition) is 3. The van der Waals surface area contributed by atoms with Gasteiger partial charge in [-0.1, -0.05) is 0 Å². The lowest BCUT2D eigenvalue weighted by molar-refractivity contribution is -0.156. The van der Waals surface area contributed by atoms with Crippen LogP contribution in [0.3, 0.4) is 0 Å². The highest BCUT2D eigenvalue weighted by Gasteiger charge is 2.60. The molecule has 2 saturated heterocycles. The van der Waals surface area contributed by atoms with Crippen molar-refractivity contribution in [2.75, 3.05) is 12.3 Å². The fourth-order valence-corrected chi connectivity index (χ4v) is 5.01. The molecule has 2 fully saturated rings. The fourth-order valence-electron chi connectivity index (χ4n) is 3.24. The standard InChI is InChI=1S/C17H27N4O8P/c1-9(13(22)28-16(2,3)4)20-30(25)26-8-10-12(29-30)17(5,24)14(27-10)21-7-6-11(18)19-15(21)23/h6-7,9-10,12,14,24H,8H2,1-5H3,(H,20,25)(H2,18,19,23)/t9-,10+,12+,14+,17+,30?/m0/s1. The second-order valence-electron chi connectivity index (χ2n) is 8.50. The quantitative estimate of drug-likeness (QED) is 0.431. The molecule has 0 saturated carbocycles.